The second-order valence-corrected chi connectivity index (χ2v) is 7.32. The fourth-order valence-electron chi connectivity index (χ4n) is 3.02. The van der Waals surface area contributed by atoms with Crippen molar-refractivity contribution in [3.63, 3.8) is 0 Å². The lowest BCUT2D eigenvalue weighted by atomic mass is 10.2. The summed E-state index contributed by atoms with van der Waals surface area (Å²) in [7, 11) is 1.54. The molecule has 1 aromatic heterocycles. The number of methoxy groups -OCH3 is 1. The van der Waals surface area contributed by atoms with Gasteiger partial charge in [-0.15, -0.1) is 10.2 Å². The van der Waals surface area contributed by atoms with Crippen LogP contribution in [-0.4, -0.2) is 35.1 Å². The van der Waals surface area contributed by atoms with Gasteiger partial charge in [0.05, 0.1) is 18.2 Å². The van der Waals surface area contributed by atoms with Crippen molar-refractivity contribution in [3.8, 4) is 11.6 Å². The summed E-state index contributed by atoms with van der Waals surface area (Å²) in [5.74, 6) is -0.527. The van der Waals surface area contributed by atoms with Gasteiger partial charge in [0.2, 0.25) is 5.88 Å². The van der Waals surface area contributed by atoms with E-state index in [2.05, 4.69) is 31.5 Å². The number of aryl methyl sites for hydroxylation is 1. The minimum atomic E-state index is -0.644. The van der Waals surface area contributed by atoms with Gasteiger partial charge in [-0.3, -0.25) is 9.59 Å². The van der Waals surface area contributed by atoms with E-state index in [-0.39, 0.29) is 18.1 Å². The molecule has 3 aromatic rings. The zero-order valence-corrected chi connectivity index (χ0v) is 18.1. The number of amides is 2. The number of rotatable bonds is 7. The fourth-order valence-corrected chi connectivity index (χ4v) is 3.48. The maximum absolute atomic E-state index is 12.2. The fraction of sp³-hybridized carbons (Fsp3) is 0.238. The molecule has 0 radical (unpaired) electrons. The molecule has 0 bridgehead atoms. The van der Waals surface area contributed by atoms with E-state index >= 15 is 0 Å². The zero-order chi connectivity index (χ0) is 21.7. The number of aromatic nitrogens is 1. The zero-order valence-electron chi connectivity index (χ0n) is 16.6. The summed E-state index contributed by atoms with van der Waals surface area (Å²) in [5.41, 5.74) is 1.36. The van der Waals surface area contributed by atoms with E-state index < -0.39 is 11.8 Å². The first kappa shape index (κ1) is 21.5. The van der Waals surface area contributed by atoms with Crippen LogP contribution in [0.15, 0.2) is 57.2 Å². The molecule has 2 N–H and O–H groups in total. The Kier molecular flexibility index (Phi) is 6.83. The lowest BCUT2D eigenvalue weighted by molar-refractivity contribution is -0.117. The van der Waals surface area contributed by atoms with Crippen molar-refractivity contribution in [2.45, 2.75) is 19.9 Å². The predicted molar refractivity (Wildman–Crippen MR) is 116 cm³/mol. The minimum Gasteiger partial charge on any atom is -0.497 e. The monoisotopic (exact) mass is 472 g/mol. The van der Waals surface area contributed by atoms with Gasteiger partial charge in [0.15, 0.2) is 5.69 Å². The van der Waals surface area contributed by atoms with Crippen LogP contribution in [0.25, 0.3) is 10.9 Å². The van der Waals surface area contributed by atoms with Crippen molar-refractivity contribution in [2.75, 3.05) is 13.7 Å². The maximum atomic E-state index is 12.2. The number of hydrogen-bond donors (Lipinski definition) is 2. The maximum Gasteiger partial charge on any atom is 0.283 e. The third-order valence-electron chi connectivity index (χ3n) is 4.44. The smallest absolute Gasteiger partial charge is 0.283 e. The van der Waals surface area contributed by atoms with Gasteiger partial charge < -0.3 is 19.7 Å². The number of hydrogen-bond acceptors (Lipinski definition) is 5. The largest absolute Gasteiger partial charge is 0.497 e. The molecule has 2 amide bonds. The summed E-state index contributed by atoms with van der Waals surface area (Å²) in [6.07, 6.45) is 0.806. The lowest BCUT2D eigenvalue weighted by Crippen LogP contribution is -2.28. The topological polar surface area (TPSA) is 105 Å². The van der Waals surface area contributed by atoms with Crippen LogP contribution >= 0.6 is 15.9 Å². The van der Waals surface area contributed by atoms with Crippen molar-refractivity contribution in [1.29, 1.82) is 0 Å². The van der Waals surface area contributed by atoms with Gasteiger partial charge in [-0.25, -0.2) is 0 Å². The average Bonchev–Trinajstić information content (AvgIpc) is 3.01. The number of aromatic hydroxyl groups is 1. The van der Waals surface area contributed by atoms with Crippen LogP contribution in [0, 0.1) is 0 Å². The molecule has 0 aliphatic rings. The molecule has 0 aliphatic carbocycles. The number of ether oxygens (including phenoxy) is 1. The van der Waals surface area contributed by atoms with Gasteiger partial charge >= 0.3 is 0 Å². The van der Waals surface area contributed by atoms with Crippen molar-refractivity contribution in [3.05, 3.63) is 52.5 Å². The van der Waals surface area contributed by atoms with E-state index in [1.807, 2.05) is 13.0 Å². The van der Waals surface area contributed by atoms with Gasteiger partial charge in [0.1, 0.15) is 12.3 Å². The molecule has 0 atom stereocenters. The molecule has 0 saturated carbocycles. The van der Waals surface area contributed by atoms with Gasteiger partial charge in [0, 0.05) is 16.4 Å². The number of nitrogens with one attached hydrogen (secondary N) is 1. The Morgan fingerprint density at radius 3 is 2.70 bits per heavy atom. The molecule has 8 nitrogen and oxygen atoms in total. The van der Waals surface area contributed by atoms with Gasteiger partial charge in [0.25, 0.3) is 11.8 Å². The average molecular weight is 473 g/mol. The molecule has 3 rings (SSSR count). The second-order valence-electron chi connectivity index (χ2n) is 6.46. The number of halogens is 1. The minimum absolute atomic E-state index is 0.0751. The first-order chi connectivity index (χ1) is 14.5. The third kappa shape index (κ3) is 4.51. The van der Waals surface area contributed by atoms with E-state index in [1.54, 1.807) is 48.1 Å². The SMILES string of the molecule is CCCn1c(O)c(N=NC(=O)CNC(=O)c2ccccc2Br)c2cc(OC)ccc21. The van der Waals surface area contributed by atoms with Gasteiger partial charge in [-0.1, -0.05) is 19.1 Å². The molecule has 30 heavy (non-hydrogen) atoms. The molecular weight excluding hydrogens is 452 g/mol. The van der Waals surface area contributed by atoms with Crippen molar-refractivity contribution in [1.82, 2.24) is 9.88 Å². The molecule has 0 fully saturated rings. The van der Waals surface area contributed by atoms with Crippen LogP contribution in [0.1, 0.15) is 23.7 Å². The Hall–Kier alpha value is -3.20. The highest BCUT2D eigenvalue weighted by Crippen LogP contribution is 2.40. The van der Waals surface area contributed by atoms with Crippen LogP contribution in [0.5, 0.6) is 11.6 Å². The lowest BCUT2D eigenvalue weighted by Gasteiger charge is -2.04. The number of carbonyl (C=O) groups is 2. The van der Waals surface area contributed by atoms with Crippen molar-refractivity contribution in [2.24, 2.45) is 10.2 Å². The molecule has 1 heterocycles. The van der Waals surface area contributed by atoms with E-state index in [9.17, 15) is 14.7 Å². The highest BCUT2D eigenvalue weighted by Gasteiger charge is 2.18. The summed E-state index contributed by atoms with van der Waals surface area (Å²) in [6.45, 7) is 2.26. The number of benzene rings is 2. The third-order valence-corrected chi connectivity index (χ3v) is 5.14. The summed E-state index contributed by atoms with van der Waals surface area (Å²) < 4.78 is 7.58. The van der Waals surface area contributed by atoms with Crippen LogP contribution in [-0.2, 0) is 11.3 Å². The van der Waals surface area contributed by atoms with Gasteiger partial charge in [-0.2, -0.15) is 0 Å². The molecule has 9 heteroatoms. The van der Waals surface area contributed by atoms with E-state index in [4.69, 9.17) is 4.74 Å². The first-order valence-electron chi connectivity index (χ1n) is 9.32. The highest BCUT2D eigenvalue weighted by molar-refractivity contribution is 9.10. The van der Waals surface area contributed by atoms with Crippen LogP contribution in [0.3, 0.4) is 0 Å². The Labute approximate surface area is 181 Å². The van der Waals surface area contributed by atoms with Gasteiger partial charge in [-0.05, 0) is 52.7 Å². The quantitative estimate of drug-likeness (QED) is 0.491. The summed E-state index contributed by atoms with van der Waals surface area (Å²) in [5, 5.41) is 21.4. The Bertz CT molecular complexity index is 1120. The molecular formula is C21H21BrN4O4. The number of carbonyl (C=O) groups excluding carboxylic acids is 2. The Balaban J connectivity index is 1.79. The normalized spacial score (nSPS) is 11.2. The van der Waals surface area contributed by atoms with Crippen LogP contribution in [0.2, 0.25) is 0 Å². The van der Waals surface area contributed by atoms with Crippen LogP contribution in [0.4, 0.5) is 5.69 Å². The number of azo groups is 1. The summed E-state index contributed by atoms with van der Waals surface area (Å²) >= 11 is 3.29. The predicted octanol–water partition coefficient (Wildman–Crippen LogP) is 4.57. The van der Waals surface area contributed by atoms with E-state index in [1.165, 1.54) is 0 Å². The number of nitrogens with zero attached hydrogens (tertiary/aromatic N) is 3. The Morgan fingerprint density at radius 1 is 1.23 bits per heavy atom. The summed E-state index contributed by atoms with van der Waals surface area (Å²) in [6, 6.07) is 12.2. The Morgan fingerprint density at radius 2 is 2.00 bits per heavy atom. The standard InChI is InChI=1S/C21H21BrN4O4/c1-3-10-26-17-9-8-13(30-2)11-15(17)19(21(26)29)25-24-18(27)12-23-20(28)14-6-4-5-7-16(14)22/h4-9,11,29H,3,10,12H2,1-2H3,(H,23,28). The van der Waals surface area contributed by atoms with Crippen molar-refractivity contribution >= 4 is 44.3 Å². The molecule has 0 spiro atoms. The molecule has 156 valence electrons. The molecule has 2 aromatic carbocycles. The molecule has 0 saturated heterocycles. The van der Waals surface area contributed by atoms with Crippen molar-refractivity contribution < 1.29 is 19.4 Å². The second kappa shape index (κ2) is 9.53. The van der Waals surface area contributed by atoms with E-state index in [0.717, 1.165) is 11.9 Å². The number of fused-ring (bicyclic) bond motifs is 1. The van der Waals surface area contributed by atoms with Crippen LogP contribution < -0.4 is 10.1 Å². The first-order valence-corrected chi connectivity index (χ1v) is 10.1. The summed E-state index contributed by atoms with van der Waals surface area (Å²) in [4.78, 5) is 24.3. The molecule has 0 aliphatic heterocycles. The molecule has 0 unspecified atom stereocenters. The highest BCUT2D eigenvalue weighted by atomic mass is 79.9. The van der Waals surface area contributed by atoms with E-state index in [0.29, 0.717) is 27.7 Å².